The number of carbonyl (C=O) groups is 2. The monoisotopic (exact) mass is 361 g/mol. The second-order valence-corrected chi connectivity index (χ2v) is 6.55. The van der Waals surface area contributed by atoms with E-state index in [1.54, 1.807) is 18.2 Å². The molecule has 0 fully saturated rings. The lowest BCUT2D eigenvalue weighted by Gasteiger charge is -2.11. The normalized spacial score (nSPS) is 11.8. The van der Waals surface area contributed by atoms with E-state index in [0.29, 0.717) is 17.8 Å². The molecule has 2 aromatic carbocycles. The zero-order valence-electron chi connectivity index (χ0n) is 15.5. The van der Waals surface area contributed by atoms with Gasteiger partial charge in [-0.1, -0.05) is 43.3 Å². The fraction of sp³-hybridized carbons (Fsp3) is 0.227. The standard InChI is InChI=1S/C22H23N3O2/c1-3-15(2)24-21(26)18-10-8-16(9-11-18)14-23-22(27)20-13-12-17-6-4-5-7-19(17)25-20/h4-13,15H,3,14H2,1-2H3,(H,23,27)(H,24,26)/t15-/m0/s1. The third kappa shape index (κ3) is 4.70. The minimum atomic E-state index is -0.223. The number of pyridine rings is 1. The van der Waals surface area contributed by atoms with Gasteiger partial charge in [-0.15, -0.1) is 0 Å². The Hall–Kier alpha value is -3.21. The van der Waals surface area contributed by atoms with Crippen molar-refractivity contribution in [1.29, 1.82) is 0 Å². The molecule has 138 valence electrons. The van der Waals surface area contributed by atoms with E-state index in [2.05, 4.69) is 15.6 Å². The van der Waals surface area contributed by atoms with Crippen LogP contribution in [0.5, 0.6) is 0 Å². The van der Waals surface area contributed by atoms with Crippen LogP contribution in [0.4, 0.5) is 0 Å². The van der Waals surface area contributed by atoms with E-state index < -0.39 is 0 Å². The predicted molar refractivity (Wildman–Crippen MR) is 107 cm³/mol. The molecule has 0 aliphatic rings. The first-order valence-electron chi connectivity index (χ1n) is 9.10. The SMILES string of the molecule is CC[C@H](C)NC(=O)c1ccc(CNC(=O)c2ccc3ccccc3n2)cc1. The molecule has 0 spiro atoms. The minimum absolute atomic E-state index is 0.0831. The van der Waals surface area contributed by atoms with E-state index in [1.807, 2.05) is 56.3 Å². The molecule has 0 aliphatic heterocycles. The van der Waals surface area contributed by atoms with Gasteiger partial charge in [0.05, 0.1) is 5.52 Å². The van der Waals surface area contributed by atoms with E-state index in [9.17, 15) is 9.59 Å². The van der Waals surface area contributed by atoms with Crippen LogP contribution in [0.15, 0.2) is 60.7 Å². The Morgan fingerprint density at radius 3 is 2.44 bits per heavy atom. The quantitative estimate of drug-likeness (QED) is 0.703. The number of aromatic nitrogens is 1. The van der Waals surface area contributed by atoms with E-state index in [4.69, 9.17) is 0 Å². The molecular weight excluding hydrogens is 338 g/mol. The first-order valence-corrected chi connectivity index (χ1v) is 9.10. The summed E-state index contributed by atoms with van der Waals surface area (Å²) in [5.41, 5.74) is 2.71. The number of hydrogen-bond donors (Lipinski definition) is 2. The Morgan fingerprint density at radius 2 is 1.70 bits per heavy atom. The summed E-state index contributed by atoms with van der Waals surface area (Å²) in [6.07, 6.45) is 0.888. The molecule has 5 nitrogen and oxygen atoms in total. The Bertz CT molecular complexity index is 951. The molecule has 0 saturated carbocycles. The number of amides is 2. The molecule has 2 amide bonds. The highest BCUT2D eigenvalue weighted by Gasteiger charge is 2.10. The van der Waals surface area contributed by atoms with Crippen molar-refractivity contribution in [3.05, 3.63) is 77.5 Å². The van der Waals surface area contributed by atoms with E-state index in [-0.39, 0.29) is 17.9 Å². The Morgan fingerprint density at radius 1 is 0.963 bits per heavy atom. The second-order valence-electron chi connectivity index (χ2n) is 6.55. The van der Waals surface area contributed by atoms with Gasteiger partial charge in [0.2, 0.25) is 0 Å². The Labute approximate surface area is 158 Å². The van der Waals surface area contributed by atoms with E-state index in [1.165, 1.54) is 0 Å². The van der Waals surface area contributed by atoms with Crippen LogP contribution in [0.1, 0.15) is 46.7 Å². The van der Waals surface area contributed by atoms with Crippen molar-refractivity contribution in [3.63, 3.8) is 0 Å². The van der Waals surface area contributed by atoms with Crippen molar-refractivity contribution >= 4 is 22.7 Å². The summed E-state index contributed by atoms with van der Waals surface area (Å²) in [6.45, 7) is 4.38. The fourth-order valence-corrected chi connectivity index (χ4v) is 2.65. The highest BCUT2D eigenvalue weighted by atomic mass is 16.2. The van der Waals surface area contributed by atoms with Gasteiger partial charge in [0.25, 0.3) is 11.8 Å². The van der Waals surface area contributed by atoms with Gasteiger partial charge in [-0.3, -0.25) is 9.59 Å². The van der Waals surface area contributed by atoms with Crippen molar-refractivity contribution in [2.75, 3.05) is 0 Å². The number of nitrogens with zero attached hydrogens (tertiary/aromatic N) is 1. The van der Waals surface area contributed by atoms with Crippen LogP contribution < -0.4 is 10.6 Å². The van der Waals surface area contributed by atoms with E-state index >= 15 is 0 Å². The van der Waals surface area contributed by atoms with Gasteiger partial charge in [-0.25, -0.2) is 4.98 Å². The van der Waals surface area contributed by atoms with E-state index in [0.717, 1.165) is 22.9 Å². The third-order valence-electron chi connectivity index (χ3n) is 4.49. The lowest BCUT2D eigenvalue weighted by atomic mass is 10.1. The van der Waals surface area contributed by atoms with Crippen LogP contribution >= 0.6 is 0 Å². The molecule has 0 saturated heterocycles. The van der Waals surface area contributed by atoms with Gasteiger partial charge in [0, 0.05) is 23.5 Å². The maximum Gasteiger partial charge on any atom is 0.270 e. The molecule has 27 heavy (non-hydrogen) atoms. The number of nitrogens with one attached hydrogen (secondary N) is 2. The minimum Gasteiger partial charge on any atom is -0.350 e. The molecule has 1 aromatic heterocycles. The van der Waals surface area contributed by atoms with Crippen LogP contribution in [0.3, 0.4) is 0 Å². The lowest BCUT2D eigenvalue weighted by Crippen LogP contribution is -2.31. The maximum atomic E-state index is 12.4. The number of rotatable bonds is 6. The zero-order chi connectivity index (χ0) is 19.2. The number of benzene rings is 2. The summed E-state index contributed by atoms with van der Waals surface area (Å²) in [4.78, 5) is 28.8. The Kier molecular flexibility index (Phi) is 5.81. The van der Waals surface area contributed by atoms with Crippen molar-refractivity contribution in [1.82, 2.24) is 15.6 Å². The fourth-order valence-electron chi connectivity index (χ4n) is 2.65. The molecule has 1 atom stereocenters. The van der Waals surface area contributed by atoms with Gasteiger partial charge >= 0.3 is 0 Å². The summed E-state index contributed by atoms with van der Waals surface area (Å²) < 4.78 is 0. The summed E-state index contributed by atoms with van der Waals surface area (Å²) in [5.74, 6) is -0.306. The van der Waals surface area contributed by atoms with Gasteiger partial charge in [-0.2, -0.15) is 0 Å². The van der Waals surface area contributed by atoms with Crippen molar-refractivity contribution in [2.24, 2.45) is 0 Å². The molecule has 0 unspecified atom stereocenters. The highest BCUT2D eigenvalue weighted by Crippen LogP contribution is 2.12. The van der Waals surface area contributed by atoms with Gasteiger partial charge in [-0.05, 0) is 43.2 Å². The number of fused-ring (bicyclic) bond motifs is 1. The average Bonchev–Trinajstić information content (AvgIpc) is 2.71. The van der Waals surface area contributed by atoms with Crippen LogP contribution in [-0.4, -0.2) is 22.8 Å². The topological polar surface area (TPSA) is 71.1 Å². The molecule has 0 bridgehead atoms. The van der Waals surface area contributed by atoms with Crippen molar-refractivity contribution in [3.8, 4) is 0 Å². The van der Waals surface area contributed by atoms with Gasteiger partial charge < -0.3 is 10.6 Å². The predicted octanol–water partition coefficient (Wildman–Crippen LogP) is 3.69. The van der Waals surface area contributed by atoms with Crippen LogP contribution in [-0.2, 0) is 6.54 Å². The molecule has 3 aromatic rings. The van der Waals surface area contributed by atoms with Gasteiger partial charge in [0.15, 0.2) is 0 Å². The van der Waals surface area contributed by atoms with Gasteiger partial charge in [0.1, 0.15) is 5.69 Å². The molecule has 0 aliphatic carbocycles. The molecule has 2 N–H and O–H groups in total. The molecule has 0 radical (unpaired) electrons. The largest absolute Gasteiger partial charge is 0.350 e. The average molecular weight is 361 g/mol. The molecular formula is C22H23N3O2. The lowest BCUT2D eigenvalue weighted by molar-refractivity contribution is 0.0933. The first-order chi connectivity index (χ1) is 13.1. The van der Waals surface area contributed by atoms with Crippen LogP contribution in [0.2, 0.25) is 0 Å². The molecule has 1 heterocycles. The Balaban J connectivity index is 1.60. The van der Waals surface area contributed by atoms with Crippen molar-refractivity contribution in [2.45, 2.75) is 32.9 Å². The van der Waals surface area contributed by atoms with Crippen LogP contribution in [0.25, 0.3) is 10.9 Å². The number of para-hydroxylation sites is 1. The number of carbonyl (C=O) groups excluding carboxylic acids is 2. The summed E-state index contributed by atoms with van der Waals surface area (Å²) >= 11 is 0. The number of hydrogen-bond acceptors (Lipinski definition) is 3. The molecule has 3 rings (SSSR count). The summed E-state index contributed by atoms with van der Waals surface area (Å²) in [6, 6.07) is 18.7. The third-order valence-corrected chi connectivity index (χ3v) is 4.49. The summed E-state index contributed by atoms with van der Waals surface area (Å²) in [7, 11) is 0. The zero-order valence-corrected chi connectivity index (χ0v) is 15.5. The smallest absolute Gasteiger partial charge is 0.270 e. The molecule has 5 heteroatoms. The highest BCUT2D eigenvalue weighted by molar-refractivity contribution is 5.95. The summed E-state index contributed by atoms with van der Waals surface area (Å²) in [5, 5.41) is 6.80. The maximum absolute atomic E-state index is 12.4. The van der Waals surface area contributed by atoms with Crippen molar-refractivity contribution < 1.29 is 9.59 Å². The van der Waals surface area contributed by atoms with Crippen LogP contribution in [0, 0.1) is 0 Å². The second kappa shape index (κ2) is 8.45. The first kappa shape index (κ1) is 18.6.